The molecule has 4 heteroatoms. The molecule has 0 bridgehead atoms. The number of aromatic hydroxyl groups is 2. The van der Waals surface area contributed by atoms with Crippen LogP contribution < -0.4 is 4.74 Å². The zero-order valence-electron chi connectivity index (χ0n) is 15.2. The van der Waals surface area contributed by atoms with Crippen LogP contribution in [-0.2, 0) is 11.2 Å². The van der Waals surface area contributed by atoms with E-state index >= 15 is 0 Å². The SMILES string of the molecule is CC(C)=CCC/C(C)=C/Cc1c(O)cc(O)cc1OC(=O)C(C)C. The van der Waals surface area contributed by atoms with E-state index in [1.54, 1.807) is 13.8 Å². The normalized spacial score (nSPS) is 11.5. The lowest BCUT2D eigenvalue weighted by Crippen LogP contribution is -2.15. The Morgan fingerprint density at radius 1 is 1.17 bits per heavy atom. The van der Waals surface area contributed by atoms with E-state index in [-0.39, 0.29) is 23.2 Å². The molecular weight excluding hydrogens is 304 g/mol. The number of allylic oxidation sites excluding steroid dienone is 4. The number of carbonyl (C=O) groups is 1. The average Bonchev–Trinajstić information content (AvgIpc) is 2.45. The van der Waals surface area contributed by atoms with Gasteiger partial charge in [0.2, 0.25) is 0 Å². The molecule has 2 N–H and O–H groups in total. The first-order chi connectivity index (χ1) is 11.2. The van der Waals surface area contributed by atoms with Gasteiger partial charge in [-0.15, -0.1) is 0 Å². The second-order valence-corrected chi connectivity index (χ2v) is 6.59. The quantitative estimate of drug-likeness (QED) is 0.423. The lowest BCUT2D eigenvalue weighted by molar-refractivity contribution is -0.137. The van der Waals surface area contributed by atoms with Crippen LogP contribution in [0.25, 0.3) is 0 Å². The van der Waals surface area contributed by atoms with E-state index in [9.17, 15) is 15.0 Å². The molecule has 1 aromatic rings. The van der Waals surface area contributed by atoms with E-state index in [0.717, 1.165) is 12.8 Å². The van der Waals surface area contributed by atoms with E-state index in [0.29, 0.717) is 12.0 Å². The first-order valence-corrected chi connectivity index (χ1v) is 8.26. The zero-order chi connectivity index (χ0) is 18.3. The van der Waals surface area contributed by atoms with Gasteiger partial charge in [0.15, 0.2) is 0 Å². The maximum absolute atomic E-state index is 11.8. The summed E-state index contributed by atoms with van der Waals surface area (Å²) in [7, 11) is 0. The zero-order valence-corrected chi connectivity index (χ0v) is 15.2. The summed E-state index contributed by atoms with van der Waals surface area (Å²) in [6.45, 7) is 9.65. The second kappa shape index (κ2) is 9.16. The fraction of sp³-hybridized carbons (Fsp3) is 0.450. The van der Waals surface area contributed by atoms with E-state index in [1.165, 1.54) is 23.3 Å². The number of phenols is 2. The molecule has 1 rings (SSSR count). The first kappa shape index (κ1) is 19.8. The van der Waals surface area contributed by atoms with Gasteiger partial charge in [-0.05, 0) is 40.0 Å². The first-order valence-electron chi connectivity index (χ1n) is 8.26. The highest BCUT2D eigenvalue weighted by Crippen LogP contribution is 2.34. The Morgan fingerprint density at radius 3 is 2.42 bits per heavy atom. The van der Waals surface area contributed by atoms with Crippen LogP contribution in [0.5, 0.6) is 17.2 Å². The summed E-state index contributed by atoms with van der Waals surface area (Å²) < 4.78 is 5.32. The Bertz CT molecular complexity index is 635. The minimum atomic E-state index is -0.398. The third-order valence-electron chi connectivity index (χ3n) is 3.60. The molecule has 0 aromatic heterocycles. The van der Waals surface area contributed by atoms with Crippen LogP contribution in [0.2, 0.25) is 0 Å². The molecule has 0 amide bonds. The van der Waals surface area contributed by atoms with Crippen molar-refractivity contribution in [2.45, 2.75) is 53.9 Å². The van der Waals surface area contributed by atoms with Gasteiger partial charge < -0.3 is 14.9 Å². The molecule has 0 spiro atoms. The molecule has 0 fully saturated rings. The van der Waals surface area contributed by atoms with E-state index in [1.807, 2.05) is 13.0 Å². The van der Waals surface area contributed by atoms with Gasteiger partial charge in [-0.1, -0.05) is 37.1 Å². The summed E-state index contributed by atoms with van der Waals surface area (Å²) in [5.41, 5.74) is 2.99. The van der Waals surface area contributed by atoms with Crippen LogP contribution in [0.4, 0.5) is 0 Å². The molecule has 0 saturated heterocycles. The van der Waals surface area contributed by atoms with Crippen LogP contribution in [0, 0.1) is 5.92 Å². The minimum absolute atomic E-state index is 0.0742. The van der Waals surface area contributed by atoms with Crippen LogP contribution in [-0.4, -0.2) is 16.2 Å². The number of esters is 1. The van der Waals surface area contributed by atoms with Gasteiger partial charge in [0.05, 0.1) is 5.92 Å². The largest absolute Gasteiger partial charge is 0.508 e. The molecule has 0 aliphatic heterocycles. The van der Waals surface area contributed by atoms with Crippen molar-refractivity contribution in [3.05, 3.63) is 41.0 Å². The Morgan fingerprint density at radius 2 is 1.83 bits per heavy atom. The second-order valence-electron chi connectivity index (χ2n) is 6.59. The van der Waals surface area contributed by atoms with Crippen molar-refractivity contribution in [3.63, 3.8) is 0 Å². The van der Waals surface area contributed by atoms with Crippen LogP contribution in [0.3, 0.4) is 0 Å². The fourth-order valence-corrected chi connectivity index (χ4v) is 2.11. The molecule has 1 aromatic carbocycles. The highest BCUT2D eigenvalue weighted by Gasteiger charge is 2.16. The van der Waals surface area contributed by atoms with Crippen molar-refractivity contribution in [1.29, 1.82) is 0 Å². The van der Waals surface area contributed by atoms with E-state index < -0.39 is 5.97 Å². The molecule has 0 heterocycles. The standard InChI is InChI=1S/C20H28O4/c1-13(2)7-6-8-15(5)9-10-17-18(22)11-16(21)12-19(17)24-20(23)14(3)4/h7,9,11-12,14,21-22H,6,8,10H2,1-5H3/b15-9+. The van der Waals surface area contributed by atoms with Gasteiger partial charge in [-0.3, -0.25) is 4.79 Å². The number of ether oxygens (including phenoxy) is 1. The number of hydrogen-bond donors (Lipinski definition) is 2. The van der Waals surface area contributed by atoms with Crippen molar-refractivity contribution in [2.24, 2.45) is 5.92 Å². The van der Waals surface area contributed by atoms with Crippen LogP contribution in [0.1, 0.15) is 53.0 Å². The Kier molecular flexibility index (Phi) is 7.56. The lowest BCUT2D eigenvalue weighted by Gasteiger charge is -2.13. The molecule has 0 atom stereocenters. The Hall–Kier alpha value is -2.23. The van der Waals surface area contributed by atoms with Gasteiger partial charge in [0.1, 0.15) is 17.2 Å². The molecule has 132 valence electrons. The monoisotopic (exact) mass is 332 g/mol. The van der Waals surface area contributed by atoms with Crippen LogP contribution in [0.15, 0.2) is 35.4 Å². The van der Waals surface area contributed by atoms with Crippen molar-refractivity contribution < 1.29 is 19.7 Å². The summed E-state index contributed by atoms with van der Waals surface area (Å²) in [5.74, 6) is -0.685. The predicted molar refractivity (Wildman–Crippen MR) is 96.4 cm³/mol. The van der Waals surface area contributed by atoms with Gasteiger partial charge in [-0.25, -0.2) is 0 Å². The summed E-state index contributed by atoms with van der Waals surface area (Å²) in [6.07, 6.45) is 6.54. The molecule has 0 radical (unpaired) electrons. The van der Waals surface area contributed by atoms with Gasteiger partial charge in [0, 0.05) is 17.7 Å². The highest BCUT2D eigenvalue weighted by molar-refractivity contribution is 5.75. The van der Waals surface area contributed by atoms with Gasteiger partial charge in [0.25, 0.3) is 0 Å². The van der Waals surface area contributed by atoms with Gasteiger partial charge in [-0.2, -0.15) is 0 Å². The van der Waals surface area contributed by atoms with E-state index in [4.69, 9.17) is 4.74 Å². The third kappa shape index (κ3) is 6.49. The maximum atomic E-state index is 11.8. The lowest BCUT2D eigenvalue weighted by atomic mass is 10.0. The van der Waals surface area contributed by atoms with Crippen molar-refractivity contribution >= 4 is 5.97 Å². The van der Waals surface area contributed by atoms with E-state index in [2.05, 4.69) is 19.9 Å². The summed E-state index contributed by atoms with van der Waals surface area (Å²) >= 11 is 0. The molecule has 0 unspecified atom stereocenters. The van der Waals surface area contributed by atoms with Gasteiger partial charge >= 0.3 is 5.97 Å². The molecule has 0 aliphatic carbocycles. The number of hydrogen-bond acceptors (Lipinski definition) is 4. The Balaban J connectivity index is 2.93. The third-order valence-corrected chi connectivity index (χ3v) is 3.60. The average molecular weight is 332 g/mol. The topological polar surface area (TPSA) is 66.8 Å². The molecule has 0 aliphatic rings. The van der Waals surface area contributed by atoms with Crippen molar-refractivity contribution in [2.75, 3.05) is 0 Å². The summed E-state index contributed by atoms with van der Waals surface area (Å²) in [4.78, 5) is 11.8. The smallest absolute Gasteiger partial charge is 0.313 e. The molecule has 0 saturated carbocycles. The number of benzene rings is 1. The Labute approximate surface area is 144 Å². The highest BCUT2D eigenvalue weighted by atomic mass is 16.5. The minimum Gasteiger partial charge on any atom is -0.508 e. The number of phenolic OH excluding ortho intramolecular Hbond substituents is 2. The fourth-order valence-electron chi connectivity index (χ4n) is 2.11. The van der Waals surface area contributed by atoms with Crippen LogP contribution >= 0.6 is 0 Å². The van der Waals surface area contributed by atoms with Crippen molar-refractivity contribution in [1.82, 2.24) is 0 Å². The number of rotatable bonds is 7. The summed E-state index contributed by atoms with van der Waals surface area (Å²) in [6, 6.07) is 2.62. The number of carbonyl (C=O) groups excluding carboxylic acids is 1. The van der Waals surface area contributed by atoms with Crippen molar-refractivity contribution in [3.8, 4) is 17.2 Å². The molecule has 24 heavy (non-hydrogen) atoms. The maximum Gasteiger partial charge on any atom is 0.313 e. The predicted octanol–water partition coefficient (Wildman–Crippen LogP) is 4.89. The molecule has 4 nitrogen and oxygen atoms in total. The summed E-state index contributed by atoms with van der Waals surface area (Å²) in [5, 5.41) is 19.7. The molecular formula is C20H28O4.